The molecule has 1 saturated heterocycles. The number of nitrogens with one attached hydrogen (secondary N) is 1. The minimum atomic E-state index is -0.130. The number of ether oxygens (including phenoxy) is 2. The van der Waals surface area contributed by atoms with Gasteiger partial charge in [-0.05, 0) is 50.6 Å². The van der Waals surface area contributed by atoms with E-state index >= 15 is 0 Å². The topological polar surface area (TPSA) is 50.8 Å². The molecular weight excluding hydrogens is 340 g/mol. The van der Waals surface area contributed by atoms with Crippen LogP contribution in [0.3, 0.4) is 0 Å². The largest absolute Gasteiger partial charge is 0.490 e. The van der Waals surface area contributed by atoms with Crippen molar-refractivity contribution in [2.24, 2.45) is 0 Å². The van der Waals surface area contributed by atoms with Gasteiger partial charge in [0.05, 0.1) is 12.6 Å². The second-order valence-corrected chi connectivity index (χ2v) is 6.71. The van der Waals surface area contributed by atoms with Crippen LogP contribution in [0.2, 0.25) is 0 Å². The molecular formula is C22H28N2O3. The zero-order valence-electron chi connectivity index (χ0n) is 15.9. The van der Waals surface area contributed by atoms with E-state index in [9.17, 15) is 4.79 Å². The van der Waals surface area contributed by atoms with Crippen LogP contribution in [0.15, 0.2) is 54.6 Å². The van der Waals surface area contributed by atoms with Gasteiger partial charge in [0.25, 0.3) is 5.91 Å². The standard InChI is InChI=1S/C22H28N2O3/c1-2-26-20-12-6-7-13-21(20)27-17-22(25)23-19(16-24-14-8-9-15-24)18-10-4-3-5-11-18/h3-7,10-13,19H,2,8-9,14-17H2,1H3,(H,23,25). The van der Waals surface area contributed by atoms with Crippen molar-refractivity contribution in [3.05, 3.63) is 60.2 Å². The van der Waals surface area contributed by atoms with Crippen molar-refractivity contribution in [1.82, 2.24) is 10.2 Å². The van der Waals surface area contributed by atoms with E-state index < -0.39 is 0 Å². The lowest BCUT2D eigenvalue weighted by Crippen LogP contribution is -2.39. The number of carbonyl (C=O) groups is 1. The summed E-state index contributed by atoms with van der Waals surface area (Å²) < 4.78 is 11.3. The number of hydrogen-bond donors (Lipinski definition) is 1. The Bertz CT molecular complexity index is 715. The zero-order valence-corrected chi connectivity index (χ0v) is 15.9. The first kappa shape index (κ1) is 19.2. The Morgan fingerprint density at radius 1 is 1.00 bits per heavy atom. The first-order chi connectivity index (χ1) is 13.3. The molecule has 1 atom stereocenters. The Morgan fingerprint density at radius 2 is 1.63 bits per heavy atom. The molecule has 5 heteroatoms. The molecule has 1 amide bonds. The van der Waals surface area contributed by atoms with Crippen molar-refractivity contribution in [2.45, 2.75) is 25.8 Å². The third-order valence-corrected chi connectivity index (χ3v) is 4.68. The minimum absolute atomic E-state index is 0.0343. The summed E-state index contributed by atoms with van der Waals surface area (Å²) in [5.74, 6) is 1.11. The van der Waals surface area contributed by atoms with Gasteiger partial charge in [-0.25, -0.2) is 0 Å². The van der Waals surface area contributed by atoms with Crippen LogP contribution >= 0.6 is 0 Å². The molecule has 1 unspecified atom stereocenters. The quantitative estimate of drug-likeness (QED) is 0.737. The van der Waals surface area contributed by atoms with Gasteiger partial charge in [0.2, 0.25) is 0 Å². The van der Waals surface area contributed by atoms with Crippen molar-refractivity contribution >= 4 is 5.91 Å². The summed E-state index contributed by atoms with van der Waals surface area (Å²) in [7, 11) is 0. The Balaban J connectivity index is 1.60. The van der Waals surface area contributed by atoms with Crippen molar-refractivity contribution in [3.8, 4) is 11.5 Å². The third-order valence-electron chi connectivity index (χ3n) is 4.68. The second kappa shape index (κ2) is 9.97. The molecule has 0 aliphatic carbocycles. The fraction of sp³-hybridized carbons (Fsp3) is 0.409. The maximum atomic E-state index is 12.5. The van der Waals surface area contributed by atoms with Crippen LogP contribution in [0.4, 0.5) is 0 Å². The van der Waals surface area contributed by atoms with E-state index in [-0.39, 0.29) is 18.6 Å². The molecule has 144 valence electrons. The summed E-state index contributed by atoms with van der Waals surface area (Å²) in [6.07, 6.45) is 2.46. The van der Waals surface area contributed by atoms with Gasteiger partial charge in [0, 0.05) is 6.54 Å². The van der Waals surface area contributed by atoms with Crippen LogP contribution in [0, 0.1) is 0 Å². The van der Waals surface area contributed by atoms with Crippen LogP contribution in [0.5, 0.6) is 11.5 Å². The van der Waals surface area contributed by atoms with Crippen molar-refractivity contribution in [1.29, 1.82) is 0 Å². The normalized spacial score (nSPS) is 15.3. The lowest BCUT2D eigenvalue weighted by molar-refractivity contribution is -0.124. The molecule has 0 radical (unpaired) electrons. The molecule has 27 heavy (non-hydrogen) atoms. The number of amides is 1. The molecule has 1 heterocycles. The van der Waals surface area contributed by atoms with E-state index in [1.165, 1.54) is 12.8 Å². The SMILES string of the molecule is CCOc1ccccc1OCC(=O)NC(CN1CCCC1)c1ccccc1. The van der Waals surface area contributed by atoms with Gasteiger partial charge < -0.3 is 19.7 Å². The number of para-hydroxylation sites is 2. The van der Waals surface area contributed by atoms with Gasteiger partial charge in [-0.3, -0.25) is 4.79 Å². The zero-order chi connectivity index (χ0) is 18.9. The summed E-state index contributed by atoms with van der Waals surface area (Å²) in [5.41, 5.74) is 1.12. The monoisotopic (exact) mass is 368 g/mol. The summed E-state index contributed by atoms with van der Waals surface area (Å²) >= 11 is 0. The summed E-state index contributed by atoms with van der Waals surface area (Å²) in [5, 5.41) is 3.14. The minimum Gasteiger partial charge on any atom is -0.490 e. The summed E-state index contributed by atoms with van der Waals surface area (Å²) in [6, 6.07) is 17.5. The summed E-state index contributed by atoms with van der Waals surface area (Å²) in [6.45, 7) is 5.46. The number of nitrogens with zero attached hydrogens (tertiary/aromatic N) is 1. The molecule has 1 aliphatic rings. The van der Waals surface area contributed by atoms with Gasteiger partial charge in [-0.2, -0.15) is 0 Å². The molecule has 2 aromatic rings. The molecule has 0 aromatic heterocycles. The maximum Gasteiger partial charge on any atom is 0.258 e. The first-order valence-electron chi connectivity index (χ1n) is 9.67. The van der Waals surface area contributed by atoms with Gasteiger partial charge >= 0.3 is 0 Å². The highest BCUT2D eigenvalue weighted by Crippen LogP contribution is 2.26. The average Bonchev–Trinajstić information content (AvgIpc) is 3.21. The van der Waals surface area contributed by atoms with Crippen LogP contribution in [0.25, 0.3) is 0 Å². The van der Waals surface area contributed by atoms with Crippen molar-refractivity contribution in [2.75, 3.05) is 32.8 Å². The Morgan fingerprint density at radius 3 is 2.30 bits per heavy atom. The Hall–Kier alpha value is -2.53. The highest BCUT2D eigenvalue weighted by Gasteiger charge is 2.21. The number of likely N-dealkylation sites (tertiary alicyclic amines) is 1. The molecule has 0 spiro atoms. The fourth-order valence-electron chi connectivity index (χ4n) is 3.37. The highest BCUT2D eigenvalue weighted by molar-refractivity contribution is 5.78. The van der Waals surface area contributed by atoms with Gasteiger partial charge in [0.15, 0.2) is 18.1 Å². The molecule has 5 nitrogen and oxygen atoms in total. The lowest BCUT2D eigenvalue weighted by Gasteiger charge is -2.25. The van der Waals surface area contributed by atoms with E-state index in [2.05, 4.69) is 22.3 Å². The number of hydrogen-bond acceptors (Lipinski definition) is 4. The average molecular weight is 368 g/mol. The number of rotatable bonds is 9. The molecule has 1 N–H and O–H groups in total. The lowest BCUT2D eigenvalue weighted by atomic mass is 10.1. The third kappa shape index (κ3) is 5.73. The van der Waals surface area contributed by atoms with Crippen LogP contribution in [-0.4, -0.2) is 43.7 Å². The number of carbonyl (C=O) groups excluding carboxylic acids is 1. The molecule has 1 fully saturated rings. The molecule has 0 bridgehead atoms. The molecule has 0 saturated carbocycles. The Labute approximate surface area is 161 Å². The van der Waals surface area contributed by atoms with E-state index in [0.29, 0.717) is 18.1 Å². The van der Waals surface area contributed by atoms with E-state index in [1.807, 2.05) is 49.4 Å². The van der Waals surface area contributed by atoms with E-state index in [0.717, 1.165) is 25.2 Å². The van der Waals surface area contributed by atoms with Gasteiger partial charge in [-0.15, -0.1) is 0 Å². The maximum absolute atomic E-state index is 12.5. The van der Waals surface area contributed by atoms with Crippen LogP contribution in [0.1, 0.15) is 31.4 Å². The molecule has 3 rings (SSSR count). The molecule has 1 aliphatic heterocycles. The smallest absolute Gasteiger partial charge is 0.258 e. The highest BCUT2D eigenvalue weighted by atomic mass is 16.5. The van der Waals surface area contributed by atoms with Crippen LogP contribution < -0.4 is 14.8 Å². The van der Waals surface area contributed by atoms with Crippen molar-refractivity contribution < 1.29 is 14.3 Å². The van der Waals surface area contributed by atoms with Crippen LogP contribution in [-0.2, 0) is 4.79 Å². The van der Waals surface area contributed by atoms with Gasteiger partial charge in [-0.1, -0.05) is 42.5 Å². The predicted octanol–water partition coefficient (Wildman–Crippen LogP) is 3.42. The van der Waals surface area contributed by atoms with E-state index in [4.69, 9.17) is 9.47 Å². The Kier molecular flexibility index (Phi) is 7.11. The number of benzene rings is 2. The van der Waals surface area contributed by atoms with E-state index in [1.54, 1.807) is 0 Å². The molecule has 2 aromatic carbocycles. The fourth-order valence-corrected chi connectivity index (χ4v) is 3.37. The summed E-state index contributed by atoms with van der Waals surface area (Å²) in [4.78, 5) is 15.0. The van der Waals surface area contributed by atoms with Gasteiger partial charge in [0.1, 0.15) is 0 Å². The van der Waals surface area contributed by atoms with Crippen molar-refractivity contribution in [3.63, 3.8) is 0 Å². The predicted molar refractivity (Wildman–Crippen MR) is 106 cm³/mol. The second-order valence-electron chi connectivity index (χ2n) is 6.71. The first-order valence-corrected chi connectivity index (χ1v) is 9.67.